The van der Waals surface area contributed by atoms with Gasteiger partial charge in [0.1, 0.15) is 17.3 Å². The van der Waals surface area contributed by atoms with Crippen molar-refractivity contribution in [2.75, 3.05) is 13.7 Å². The zero-order chi connectivity index (χ0) is 20.9. The van der Waals surface area contributed by atoms with Gasteiger partial charge < -0.3 is 14.2 Å². The molecular weight excluding hydrogens is 374 g/mol. The lowest BCUT2D eigenvalue weighted by Gasteiger charge is -2.25. The molecule has 3 aromatic rings. The monoisotopic (exact) mass is 398 g/mol. The van der Waals surface area contributed by atoms with Crippen LogP contribution in [0.4, 0.5) is 8.78 Å². The van der Waals surface area contributed by atoms with E-state index < -0.39 is 5.82 Å². The Balaban J connectivity index is 1.62. The van der Waals surface area contributed by atoms with Crippen molar-refractivity contribution in [1.82, 2.24) is 0 Å². The molecule has 5 heteroatoms. The molecule has 0 bridgehead atoms. The highest BCUT2D eigenvalue weighted by molar-refractivity contribution is 5.35. The second kappa shape index (κ2) is 9.05. The zero-order valence-electron chi connectivity index (χ0n) is 16.7. The number of rotatable bonds is 8. The summed E-state index contributed by atoms with van der Waals surface area (Å²) in [6.07, 6.45) is 0. The molecule has 0 aliphatic heterocycles. The number of hydrogen-bond acceptors (Lipinski definition) is 3. The highest BCUT2D eigenvalue weighted by Crippen LogP contribution is 2.28. The van der Waals surface area contributed by atoms with Crippen molar-refractivity contribution in [3.63, 3.8) is 0 Å². The van der Waals surface area contributed by atoms with E-state index in [9.17, 15) is 8.78 Å². The van der Waals surface area contributed by atoms with E-state index in [4.69, 9.17) is 14.2 Å². The first-order valence-electron chi connectivity index (χ1n) is 9.31. The third kappa shape index (κ3) is 5.55. The molecule has 0 unspecified atom stereocenters. The molecule has 3 rings (SSSR count). The maximum atomic E-state index is 14.1. The molecular formula is C24H24F2O3. The van der Waals surface area contributed by atoms with Crippen LogP contribution in [-0.4, -0.2) is 13.7 Å². The first kappa shape index (κ1) is 20.8. The van der Waals surface area contributed by atoms with Crippen LogP contribution < -0.4 is 9.47 Å². The van der Waals surface area contributed by atoms with E-state index in [-0.39, 0.29) is 17.0 Å². The Hall–Kier alpha value is -2.92. The number of benzene rings is 3. The van der Waals surface area contributed by atoms with Gasteiger partial charge in [0.15, 0.2) is 11.6 Å². The minimum absolute atomic E-state index is 0.0760. The summed E-state index contributed by atoms with van der Waals surface area (Å²) in [4.78, 5) is 0. The van der Waals surface area contributed by atoms with Crippen molar-refractivity contribution < 1.29 is 23.0 Å². The summed E-state index contributed by atoms with van der Waals surface area (Å²) < 4.78 is 43.7. The Bertz CT molecular complexity index is 935. The molecule has 0 aliphatic carbocycles. The number of hydrogen-bond donors (Lipinski definition) is 0. The summed E-state index contributed by atoms with van der Waals surface area (Å²) in [7, 11) is 1.64. The van der Waals surface area contributed by atoms with E-state index in [1.54, 1.807) is 19.2 Å². The van der Waals surface area contributed by atoms with Crippen LogP contribution in [0.3, 0.4) is 0 Å². The topological polar surface area (TPSA) is 27.7 Å². The van der Waals surface area contributed by atoms with Crippen LogP contribution in [-0.2, 0) is 16.8 Å². The summed E-state index contributed by atoms with van der Waals surface area (Å²) in [5.41, 5.74) is 1.73. The fourth-order valence-electron chi connectivity index (χ4n) is 2.89. The van der Waals surface area contributed by atoms with Gasteiger partial charge >= 0.3 is 0 Å². The van der Waals surface area contributed by atoms with Gasteiger partial charge in [0.2, 0.25) is 0 Å². The van der Waals surface area contributed by atoms with E-state index in [0.717, 1.165) is 16.9 Å². The minimum atomic E-state index is -0.489. The van der Waals surface area contributed by atoms with Crippen LogP contribution in [0.2, 0.25) is 0 Å². The normalized spacial score (nSPS) is 11.3. The Kier molecular flexibility index (Phi) is 6.49. The molecule has 0 heterocycles. The van der Waals surface area contributed by atoms with Gasteiger partial charge in [0.05, 0.1) is 20.3 Å². The molecule has 0 saturated carbocycles. The number of ether oxygens (including phenoxy) is 3. The van der Waals surface area contributed by atoms with Crippen molar-refractivity contribution in [2.45, 2.75) is 25.9 Å². The molecule has 3 nitrogen and oxygen atoms in total. The number of halogens is 2. The molecule has 3 aromatic carbocycles. The molecule has 0 atom stereocenters. The van der Waals surface area contributed by atoms with Crippen LogP contribution in [0.25, 0.3) is 0 Å². The maximum absolute atomic E-state index is 14.1. The summed E-state index contributed by atoms with van der Waals surface area (Å²) in [6, 6.07) is 17.9. The van der Waals surface area contributed by atoms with Crippen molar-refractivity contribution >= 4 is 0 Å². The predicted octanol–water partition coefficient (Wildman–Crippen LogP) is 6.26. The summed E-state index contributed by atoms with van der Waals surface area (Å²) in [6.45, 7) is 5.01. The van der Waals surface area contributed by atoms with Gasteiger partial charge in [-0.15, -0.1) is 0 Å². The van der Waals surface area contributed by atoms with E-state index in [1.165, 1.54) is 30.3 Å². The molecule has 0 aromatic heterocycles. The van der Waals surface area contributed by atoms with Crippen LogP contribution >= 0.6 is 0 Å². The largest absolute Gasteiger partial charge is 0.497 e. The average molecular weight is 398 g/mol. The van der Waals surface area contributed by atoms with E-state index in [1.807, 2.05) is 24.3 Å². The van der Waals surface area contributed by atoms with Gasteiger partial charge in [-0.3, -0.25) is 0 Å². The van der Waals surface area contributed by atoms with Crippen LogP contribution in [0.5, 0.6) is 17.2 Å². The Morgan fingerprint density at radius 3 is 2.14 bits per heavy atom. The van der Waals surface area contributed by atoms with Crippen molar-refractivity contribution in [3.05, 3.63) is 89.5 Å². The fraction of sp³-hybridized carbons (Fsp3) is 0.250. The second-order valence-corrected chi connectivity index (χ2v) is 7.43. The summed E-state index contributed by atoms with van der Waals surface area (Å²) in [5.74, 6) is 0.387. The van der Waals surface area contributed by atoms with Gasteiger partial charge in [-0.1, -0.05) is 32.0 Å². The van der Waals surface area contributed by atoms with Gasteiger partial charge in [0, 0.05) is 5.41 Å². The molecule has 0 fully saturated rings. The molecule has 0 spiro atoms. The number of methoxy groups -OCH3 is 1. The average Bonchev–Trinajstić information content (AvgIpc) is 2.72. The minimum Gasteiger partial charge on any atom is -0.497 e. The zero-order valence-corrected chi connectivity index (χ0v) is 16.7. The molecule has 0 saturated heterocycles. The summed E-state index contributed by atoms with van der Waals surface area (Å²) >= 11 is 0. The molecule has 29 heavy (non-hydrogen) atoms. The van der Waals surface area contributed by atoms with Gasteiger partial charge in [0.25, 0.3) is 0 Å². The highest BCUT2D eigenvalue weighted by atomic mass is 19.1. The highest BCUT2D eigenvalue weighted by Gasteiger charge is 2.21. The van der Waals surface area contributed by atoms with Gasteiger partial charge in [-0.25, -0.2) is 8.78 Å². The quantitative estimate of drug-likeness (QED) is 0.448. The smallest absolute Gasteiger partial charge is 0.165 e. The lowest BCUT2D eigenvalue weighted by molar-refractivity contribution is 0.0823. The first-order valence-corrected chi connectivity index (χ1v) is 9.31. The standard InChI is InChI=1S/C24H24F2O3/c1-24(2,18-5-9-20(27-3)10-6-18)16-28-15-17-4-13-22(26)23(14-17)29-21-11-7-19(25)8-12-21/h4-14H,15-16H2,1-3H3. The van der Waals surface area contributed by atoms with Crippen molar-refractivity contribution in [3.8, 4) is 17.2 Å². The predicted molar refractivity (Wildman–Crippen MR) is 109 cm³/mol. The third-order valence-corrected chi connectivity index (χ3v) is 4.64. The van der Waals surface area contributed by atoms with Crippen molar-refractivity contribution in [2.24, 2.45) is 0 Å². The van der Waals surface area contributed by atoms with Crippen LogP contribution in [0, 0.1) is 11.6 Å². The molecule has 0 radical (unpaired) electrons. The van der Waals surface area contributed by atoms with Gasteiger partial charge in [-0.05, 0) is 59.7 Å². The molecule has 0 amide bonds. The lowest BCUT2D eigenvalue weighted by atomic mass is 9.85. The van der Waals surface area contributed by atoms with Crippen molar-refractivity contribution in [1.29, 1.82) is 0 Å². The van der Waals surface area contributed by atoms with E-state index >= 15 is 0 Å². The van der Waals surface area contributed by atoms with Crippen LogP contribution in [0.15, 0.2) is 66.7 Å². The summed E-state index contributed by atoms with van der Waals surface area (Å²) in [5, 5.41) is 0. The second-order valence-electron chi connectivity index (χ2n) is 7.43. The van der Waals surface area contributed by atoms with Crippen LogP contribution in [0.1, 0.15) is 25.0 Å². The fourth-order valence-corrected chi connectivity index (χ4v) is 2.89. The molecule has 0 aliphatic rings. The van der Waals surface area contributed by atoms with E-state index in [2.05, 4.69) is 13.8 Å². The lowest BCUT2D eigenvalue weighted by Crippen LogP contribution is -2.24. The SMILES string of the molecule is COc1ccc(C(C)(C)COCc2ccc(F)c(Oc3ccc(F)cc3)c2)cc1. The van der Waals surface area contributed by atoms with E-state index in [0.29, 0.717) is 19.0 Å². The Morgan fingerprint density at radius 2 is 1.48 bits per heavy atom. The first-order chi connectivity index (χ1) is 13.9. The van der Waals surface area contributed by atoms with Gasteiger partial charge in [-0.2, -0.15) is 0 Å². The Morgan fingerprint density at radius 1 is 0.828 bits per heavy atom. The molecule has 0 N–H and O–H groups in total. The third-order valence-electron chi connectivity index (χ3n) is 4.64. The maximum Gasteiger partial charge on any atom is 0.165 e. The molecule has 152 valence electrons. The Labute approximate surface area is 169 Å².